The number of aromatic hydroxyl groups is 1. The highest BCUT2D eigenvalue weighted by Gasteiger charge is 2.39. The third-order valence-electron chi connectivity index (χ3n) is 4.63. The summed E-state index contributed by atoms with van der Waals surface area (Å²) in [6, 6.07) is 7.20. The van der Waals surface area contributed by atoms with Crippen LogP contribution in [0.2, 0.25) is 18.1 Å². The van der Waals surface area contributed by atoms with E-state index in [1.54, 1.807) is 20.3 Å². The molecule has 126 valence electrons. The van der Waals surface area contributed by atoms with Crippen molar-refractivity contribution in [3.8, 4) is 23.0 Å². The molecule has 0 aliphatic carbocycles. The second-order valence-corrected chi connectivity index (χ2v) is 11.9. The summed E-state index contributed by atoms with van der Waals surface area (Å²) in [7, 11) is 1.19. The molecule has 0 heterocycles. The molecule has 0 saturated heterocycles. The first kappa shape index (κ1) is 17.5. The molecule has 0 spiro atoms. The molecule has 0 atom stereocenters. The van der Waals surface area contributed by atoms with E-state index < -0.39 is 8.32 Å². The molecular weight excluding hydrogens is 308 g/mol. The zero-order valence-electron chi connectivity index (χ0n) is 15.0. The van der Waals surface area contributed by atoms with E-state index in [2.05, 4.69) is 33.9 Å². The van der Waals surface area contributed by atoms with Crippen molar-refractivity contribution in [1.29, 1.82) is 0 Å². The average Bonchev–Trinajstić information content (AvgIpc) is 2.45. The lowest BCUT2D eigenvalue weighted by Gasteiger charge is -2.36. The van der Waals surface area contributed by atoms with Gasteiger partial charge in [-0.15, -0.1) is 0 Å². The van der Waals surface area contributed by atoms with Gasteiger partial charge in [-0.2, -0.15) is 0 Å². The Morgan fingerprint density at radius 2 is 1.35 bits per heavy atom. The Hall–Kier alpha value is -1.88. The lowest BCUT2D eigenvalue weighted by Crippen LogP contribution is -2.43. The summed E-state index contributed by atoms with van der Waals surface area (Å²) in [5.41, 5.74) is 0. The normalized spacial score (nSPS) is 12.3. The molecule has 0 saturated carbocycles. The highest BCUT2D eigenvalue weighted by atomic mass is 28.4. The molecule has 2 aromatic carbocycles. The van der Waals surface area contributed by atoms with Crippen molar-refractivity contribution in [2.75, 3.05) is 14.2 Å². The predicted octanol–water partition coefficient (Wildman–Crippen LogP) is 4.95. The van der Waals surface area contributed by atoms with E-state index in [9.17, 15) is 5.11 Å². The van der Waals surface area contributed by atoms with Crippen LogP contribution in [0.4, 0.5) is 0 Å². The summed E-state index contributed by atoms with van der Waals surface area (Å²) < 4.78 is 17.1. The Labute approximate surface area is 139 Å². The van der Waals surface area contributed by atoms with Crippen molar-refractivity contribution in [3.63, 3.8) is 0 Å². The fourth-order valence-electron chi connectivity index (χ4n) is 2.17. The molecule has 0 aliphatic rings. The van der Waals surface area contributed by atoms with Crippen LogP contribution in [0.25, 0.3) is 10.8 Å². The minimum Gasteiger partial charge on any atom is -0.541 e. The van der Waals surface area contributed by atoms with Crippen molar-refractivity contribution in [1.82, 2.24) is 0 Å². The van der Waals surface area contributed by atoms with Crippen molar-refractivity contribution in [2.45, 2.75) is 38.9 Å². The smallest absolute Gasteiger partial charge is 0.250 e. The third-order valence-corrected chi connectivity index (χ3v) is 8.97. The lowest BCUT2D eigenvalue weighted by molar-refractivity contribution is 0.407. The Morgan fingerprint density at radius 3 is 1.78 bits per heavy atom. The number of benzene rings is 2. The van der Waals surface area contributed by atoms with Crippen molar-refractivity contribution >= 4 is 19.1 Å². The number of hydrogen-bond acceptors (Lipinski definition) is 4. The van der Waals surface area contributed by atoms with Gasteiger partial charge in [-0.25, -0.2) is 0 Å². The Kier molecular flexibility index (Phi) is 4.53. The zero-order valence-corrected chi connectivity index (χ0v) is 16.0. The topological polar surface area (TPSA) is 47.9 Å². The fraction of sp³-hybridized carbons (Fsp3) is 0.444. The molecule has 0 unspecified atom stereocenters. The number of hydrogen-bond donors (Lipinski definition) is 1. The maximum absolute atomic E-state index is 10.4. The molecular formula is C18H26O4Si. The largest absolute Gasteiger partial charge is 0.541 e. The van der Waals surface area contributed by atoms with E-state index in [0.29, 0.717) is 11.5 Å². The minimum atomic E-state index is -2.05. The minimum absolute atomic E-state index is 0.0485. The summed E-state index contributed by atoms with van der Waals surface area (Å²) in [5, 5.41) is 12.1. The summed E-state index contributed by atoms with van der Waals surface area (Å²) in [6.45, 7) is 10.8. The van der Waals surface area contributed by atoms with Crippen molar-refractivity contribution < 1.29 is 19.0 Å². The highest BCUT2D eigenvalue weighted by Crippen LogP contribution is 2.44. The van der Waals surface area contributed by atoms with Gasteiger partial charge in [0.2, 0.25) is 0 Å². The molecule has 0 aliphatic heterocycles. The van der Waals surface area contributed by atoms with Crippen LogP contribution in [-0.4, -0.2) is 27.6 Å². The van der Waals surface area contributed by atoms with Gasteiger partial charge in [-0.1, -0.05) is 20.8 Å². The summed E-state index contributed by atoms with van der Waals surface area (Å²) in [5.74, 6) is 2.03. The van der Waals surface area contributed by atoms with Gasteiger partial charge in [-0.3, -0.25) is 0 Å². The first-order valence-electron chi connectivity index (χ1n) is 7.67. The Bertz CT molecular complexity index is 717. The van der Waals surface area contributed by atoms with Crippen molar-refractivity contribution in [2.24, 2.45) is 0 Å². The standard InChI is InChI=1S/C18H26O4Si/c1-18(2,3)23(6,7)22-17-11-13-12(10-14(17)19)15(20-4)8-9-16(13)21-5/h8-11,19H,1-7H3. The van der Waals surface area contributed by atoms with Gasteiger partial charge >= 0.3 is 0 Å². The van der Waals surface area contributed by atoms with E-state index in [-0.39, 0.29) is 10.8 Å². The maximum Gasteiger partial charge on any atom is 0.250 e. The van der Waals surface area contributed by atoms with Gasteiger partial charge in [0, 0.05) is 10.8 Å². The molecule has 0 aromatic heterocycles. The quantitative estimate of drug-likeness (QED) is 0.804. The molecule has 4 nitrogen and oxygen atoms in total. The predicted molar refractivity (Wildman–Crippen MR) is 96.5 cm³/mol. The number of phenolic OH excluding ortho intramolecular Hbond substituents is 1. The molecule has 1 N–H and O–H groups in total. The van der Waals surface area contributed by atoms with Gasteiger partial charge in [0.1, 0.15) is 17.2 Å². The van der Waals surface area contributed by atoms with E-state index in [1.165, 1.54) is 0 Å². The van der Waals surface area contributed by atoms with Crippen LogP contribution in [-0.2, 0) is 0 Å². The van der Waals surface area contributed by atoms with E-state index in [1.807, 2.05) is 18.2 Å². The second-order valence-electron chi connectivity index (χ2n) is 7.20. The highest BCUT2D eigenvalue weighted by molar-refractivity contribution is 6.74. The first-order valence-corrected chi connectivity index (χ1v) is 10.6. The summed E-state index contributed by atoms with van der Waals surface area (Å²) in [4.78, 5) is 0. The average molecular weight is 334 g/mol. The van der Waals surface area contributed by atoms with Crippen LogP contribution < -0.4 is 13.9 Å². The SMILES string of the molecule is COc1ccc(OC)c2cc(O[Si](C)(C)C(C)(C)C)c(O)cc12. The number of ether oxygens (including phenoxy) is 2. The first-order chi connectivity index (χ1) is 10.6. The number of methoxy groups -OCH3 is 2. The number of fused-ring (bicyclic) bond motifs is 1. The molecule has 5 heteroatoms. The van der Waals surface area contributed by atoms with Crippen molar-refractivity contribution in [3.05, 3.63) is 24.3 Å². The summed E-state index contributed by atoms with van der Waals surface area (Å²) >= 11 is 0. The monoisotopic (exact) mass is 334 g/mol. The van der Waals surface area contributed by atoms with E-state index in [4.69, 9.17) is 13.9 Å². The molecule has 0 fully saturated rings. The van der Waals surface area contributed by atoms with Crippen LogP contribution in [0, 0.1) is 0 Å². The molecule has 0 bridgehead atoms. The number of phenols is 1. The zero-order chi connectivity index (χ0) is 17.4. The van der Waals surface area contributed by atoms with E-state index in [0.717, 1.165) is 16.5 Å². The van der Waals surface area contributed by atoms with Gasteiger partial charge in [0.25, 0.3) is 8.32 Å². The molecule has 2 rings (SSSR count). The van der Waals surface area contributed by atoms with Crippen LogP contribution in [0.3, 0.4) is 0 Å². The number of rotatable bonds is 4. The fourth-order valence-corrected chi connectivity index (χ4v) is 3.19. The van der Waals surface area contributed by atoms with Gasteiger partial charge in [0.15, 0.2) is 5.75 Å². The molecule has 0 amide bonds. The second kappa shape index (κ2) is 5.96. The summed E-state index contributed by atoms with van der Waals surface area (Å²) in [6.07, 6.45) is 0. The van der Waals surface area contributed by atoms with Gasteiger partial charge in [-0.05, 0) is 42.4 Å². The third kappa shape index (κ3) is 3.24. The van der Waals surface area contributed by atoms with Crippen LogP contribution in [0.1, 0.15) is 20.8 Å². The van der Waals surface area contributed by atoms with E-state index >= 15 is 0 Å². The van der Waals surface area contributed by atoms with Crippen LogP contribution in [0.15, 0.2) is 24.3 Å². The van der Waals surface area contributed by atoms with Gasteiger partial charge < -0.3 is 19.0 Å². The Balaban J connectivity index is 2.61. The van der Waals surface area contributed by atoms with Gasteiger partial charge in [0.05, 0.1) is 14.2 Å². The molecule has 0 radical (unpaired) electrons. The lowest BCUT2D eigenvalue weighted by atomic mass is 10.1. The molecule has 23 heavy (non-hydrogen) atoms. The van der Waals surface area contributed by atoms with Crippen LogP contribution in [0.5, 0.6) is 23.0 Å². The molecule has 2 aromatic rings. The van der Waals surface area contributed by atoms with Crippen LogP contribution >= 0.6 is 0 Å². The maximum atomic E-state index is 10.4. The Morgan fingerprint density at radius 1 is 0.870 bits per heavy atom.